The number of anilines is 1. The molecule has 0 saturated carbocycles. The number of carbonyl (C=O) groups is 2. The van der Waals surface area contributed by atoms with E-state index in [0.29, 0.717) is 18.5 Å². The van der Waals surface area contributed by atoms with Gasteiger partial charge in [-0.3, -0.25) is 9.59 Å². The van der Waals surface area contributed by atoms with E-state index in [1.807, 2.05) is 25.1 Å². The highest BCUT2D eigenvalue weighted by Crippen LogP contribution is 2.16. The number of nitrogens with two attached hydrogens (primary N) is 1. The second-order valence-electron chi connectivity index (χ2n) is 4.12. The van der Waals surface area contributed by atoms with Crippen molar-refractivity contribution < 1.29 is 9.59 Å². The van der Waals surface area contributed by atoms with E-state index >= 15 is 0 Å². The molecule has 0 aliphatic rings. The summed E-state index contributed by atoms with van der Waals surface area (Å²) >= 11 is 0. The van der Waals surface area contributed by atoms with E-state index in [1.54, 1.807) is 7.05 Å². The second kappa shape index (κ2) is 6.64. The molecule has 5 nitrogen and oxygen atoms in total. The zero-order chi connectivity index (χ0) is 13.5. The van der Waals surface area contributed by atoms with E-state index in [4.69, 9.17) is 5.73 Å². The van der Waals surface area contributed by atoms with Crippen LogP contribution in [0.2, 0.25) is 0 Å². The number of nitrogens with one attached hydrogen (secondary N) is 2. The smallest absolute Gasteiger partial charge is 0.253 e. The minimum Gasteiger partial charge on any atom is -0.387 e. The van der Waals surface area contributed by atoms with Crippen molar-refractivity contribution in [3.8, 4) is 0 Å². The Morgan fingerprint density at radius 1 is 1.33 bits per heavy atom. The summed E-state index contributed by atoms with van der Waals surface area (Å²) in [4.78, 5) is 22.5. The van der Waals surface area contributed by atoms with Crippen molar-refractivity contribution in [1.82, 2.24) is 5.32 Å². The number of rotatable bonds is 6. The summed E-state index contributed by atoms with van der Waals surface area (Å²) in [5.74, 6) is -0.497. The number of primary amides is 1. The van der Waals surface area contributed by atoms with E-state index in [9.17, 15) is 9.59 Å². The average Bonchev–Trinajstić information content (AvgIpc) is 2.34. The Morgan fingerprint density at radius 3 is 2.67 bits per heavy atom. The van der Waals surface area contributed by atoms with Crippen LogP contribution in [0.5, 0.6) is 0 Å². The lowest BCUT2D eigenvalue weighted by Crippen LogP contribution is -2.26. The molecule has 0 heterocycles. The molecule has 0 fully saturated rings. The third-order valence-electron chi connectivity index (χ3n) is 2.57. The van der Waals surface area contributed by atoms with Crippen LogP contribution < -0.4 is 16.4 Å². The first kappa shape index (κ1) is 14.0. The average molecular weight is 249 g/mol. The molecule has 1 rings (SSSR count). The maximum Gasteiger partial charge on any atom is 0.253 e. The fraction of sp³-hybridized carbons (Fsp3) is 0.385. The summed E-state index contributed by atoms with van der Waals surface area (Å²) in [6.45, 7) is 2.38. The molecule has 0 unspecified atom stereocenters. The van der Waals surface area contributed by atoms with E-state index in [2.05, 4.69) is 10.6 Å². The molecule has 2 amide bonds. The molecule has 5 heteroatoms. The summed E-state index contributed by atoms with van der Waals surface area (Å²) in [5, 5.41) is 5.75. The maximum absolute atomic E-state index is 12.0. The zero-order valence-corrected chi connectivity index (χ0v) is 10.7. The van der Waals surface area contributed by atoms with Crippen molar-refractivity contribution in [2.45, 2.75) is 19.8 Å². The van der Waals surface area contributed by atoms with Gasteiger partial charge >= 0.3 is 0 Å². The number of amides is 2. The lowest BCUT2D eigenvalue weighted by molar-refractivity contribution is -0.118. The molecule has 98 valence electrons. The number of hydrogen-bond acceptors (Lipinski definition) is 3. The van der Waals surface area contributed by atoms with Crippen LogP contribution in [-0.2, 0) is 4.79 Å². The van der Waals surface area contributed by atoms with Gasteiger partial charge in [-0.2, -0.15) is 0 Å². The molecule has 0 radical (unpaired) electrons. The van der Waals surface area contributed by atoms with E-state index < -0.39 is 0 Å². The quantitative estimate of drug-likeness (QED) is 0.658. The van der Waals surface area contributed by atoms with Crippen LogP contribution in [-0.4, -0.2) is 25.4 Å². The first-order chi connectivity index (χ1) is 8.54. The van der Waals surface area contributed by atoms with Gasteiger partial charge in [-0.15, -0.1) is 0 Å². The van der Waals surface area contributed by atoms with E-state index in [0.717, 1.165) is 11.3 Å². The Hall–Kier alpha value is -2.04. The van der Waals surface area contributed by atoms with Crippen molar-refractivity contribution in [3.05, 3.63) is 29.3 Å². The topological polar surface area (TPSA) is 84.2 Å². The van der Waals surface area contributed by atoms with Gasteiger partial charge in [0.25, 0.3) is 5.91 Å². The van der Waals surface area contributed by atoms with Gasteiger partial charge < -0.3 is 16.4 Å². The first-order valence-corrected chi connectivity index (χ1v) is 5.89. The van der Waals surface area contributed by atoms with Gasteiger partial charge in [0.1, 0.15) is 0 Å². The Bertz CT molecular complexity index is 444. The number of carbonyl (C=O) groups excluding carboxylic acids is 2. The van der Waals surface area contributed by atoms with Gasteiger partial charge in [0, 0.05) is 25.7 Å². The summed E-state index contributed by atoms with van der Waals surface area (Å²) in [6.07, 6.45) is 0.842. The van der Waals surface area contributed by atoms with E-state index in [1.165, 1.54) is 0 Å². The van der Waals surface area contributed by atoms with Crippen molar-refractivity contribution in [3.63, 3.8) is 0 Å². The molecule has 0 bridgehead atoms. The second-order valence-corrected chi connectivity index (χ2v) is 4.12. The fourth-order valence-corrected chi connectivity index (χ4v) is 1.62. The lowest BCUT2D eigenvalue weighted by Gasteiger charge is -2.10. The Balaban J connectivity index is 2.60. The summed E-state index contributed by atoms with van der Waals surface area (Å²) < 4.78 is 0. The molecule has 0 aromatic heterocycles. The normalized spacial score (nSPS) is 9.89. The molecule has 0 aliphatic carbocycles. The Morgan fingerprint density at radius 2 is 2.06 bits per heavy atom. The predicted molar refractivity (Wildman–Crippen MR) is 71.5 cm³/mol. The number of aryl methyl sites for hydroxylation is 1. The molecular formula is C13H19N3O2. The van der Waals surface area contributed by atoms with Gasteiger partial charge in [0.15, 0.2) is 0 Å². The first-order valence-electron chi connectivity index (χ1n) is 5.89. The Kier molecular flexibility index (Phi) is 5.17. The molecule has 1 aromatic carbocycles. The highest BCUT2D eigenvalue weighted by Gasteiger charge is 2.10. The predicted octanol–water partition coefficient (Wildman–Crippen LogP) is 1.03. The molecule has 1 aromatic rings. The molecule has 18 heavy (non-hydrogen) atoms. The van der Waals surface area contributed by atoms with Crippen molar-refractivity contribution in [1.29, 1.82) is 0 Å². The van der Waals surface area contributed by atoms with Crippen LogP contribution in [0.4, 0.5) is 5.69 Å². The third-order valence-corrected chi connectivity index (χ3v) is 2.57. The summed E-state index contributed by atoms with van der Waals surface area (Å²) in [5.41, 5.74) is 7.44. The summed E-state index contributed by atoms with van der Waals surface area (Å²) in [6, 6.07) is 5.64. The number of hydrogen-bond donors (Lipinski definition) is 3. The van der Waals surface area contributed by atoms with Crippen LogP contribution in [0.3, 0.4) is 0 Å². The minimum atomic E-state index is -0.351. The lowest BCUT2D eigenvalue weighted by atomic mass is 10.1. The maximum atomic E-state index is 12.0. The van der Waals surface area contributed by atoms with Gasteiger partial charge in [0.2, 0.25) is 5.91 Å². The molecule has 4 N–H and O–H groups in total. The zero-order valence-electron chi connectivity index (χ0n) is 10.7. The fourth-order valence-electron chi connectivity index (χ4n) is 1.62. The SMILES string of the molecule is CNc1ccc(C)cc1C(=O)NCCCC(N)=O. The highest BCUT2D eigenvalue weighted by atomic mass is 16.2. The largest absolute Gasteiger partial charge is 0.387 e. The van der Waals surface area contributed by atoms with Crippen LogP contribution in [0, 0.1) is 6.92 Å². The van der Waals surface area contributed by atoms with Crippen LogP contribution in [0.15, 0.2) is 18.2 Å². The minimum absolute atomic E-state index is 0.146. The highest BCUT2D eigenvalue weighted by molar-refractivity contribution is 5.99. The molecule has 0 spiro atoms. The van der Waals surface area contributed by atoms with Gasteiger partial charge in [-0.1, -0.05) is 11.6 Å². The van der Waals surface area contributed by atoms with Crippen LogP contribution in [0.1, 0.15) is 28.8 Å². The standard InChI is InChI=1S/C13H19N3O2/c1-9-5-6-11(15-2)10(8-9)13(18)16-7-3-4-12(14)17/h5-6,8,15H,3-4,7H2,1-2H3,(H2,14,17)(H,16,18). The molecule has 0 aliphatic heterocycles. The van der Waals surface area contributed by atoms with Crippen molar-refractivity contribution >= 4 is 17.5 Å². The van der Waals surface area contributed by atoms with Crippen LogP contribution >= 0.6 is 0 Å². The summed E-state index contributed by atoms with van der Waals surface area (Å²) in [7, 11) is 1.77. The Labute approximate surface area is 107 Å². The third kappa shape index (κ3) is 4.08. The van der Waals surface area contributed by atoms with Crippen molar-refractivity contribution in [2.24, 2.45) is 5.73 Å². The molecular weight excluding hydrogens is 230 g/mol. The molecule has 0 atom stereocenters. The van der Waals surface area contributed by atoms with Gasteiger partial charge in [0.05, 0.1) is 5.56 Å². The monoisotopic (exact) mass is 249 g/mol. The molecule has 0 saturated heterocycles. The number of benzene rings is 1. The van der Waals surface area contributed by atoms with Crippen LogP contribution in [0.25, 0.3) is 0 Å². The van der Waals surface area contributed by atoms with Gasteiger partial charge in [-0.25, -0.2) is 0 Å². The van der Waals surface area contributed by atoms with E-state index in [-0.39, 0.29) is 18.2 Å². The van der Waals surface area contributed by atoms with Gasteiger partial charge in [-0.05, 0) is 25.5 Å². The van der Waals surface area contributed by atoms with Crippen molar-refractivity contribution in [2.75, 3.05) is 18.9 Å².